The maximum atomic E-state index is 13.8. The first-order chi connectivity index (χ1) is 19.5. The molecule has 41 heavy (non-hydrogen) atoms. The van der Waals surface area contributed by atoms with Crippen molar-refractivity contribution in [2.75, 3.05) is 7.11 Å². The van der Waals surface area contributed by atoms with Crippen molar-refractivity contribution < 1.29 is 30.4 Å². The molecule has 0 aliphatic heterocycles. The zero-order valence-corrected chi connectivity index (χ0v) is 24.0. The lowest BCUT2D eigenvalue weighted by Gasteiger charge is -2.12. The van der Waals surface area contributed by atoms with Crippen molar-refractivity contribution >= 4 is 41.6 Å². The smallest absolute Gasteiger partial charge is 0.274 e. The minimum Gasteiger partial charge on any atom is -0.422 e. The van der Waals surface area contributed by atoms with Crippen LogP contribution in [0.15, 0.2) is 71.1 Å². The first kappa shape index (κ1) is 28.9. The van der Waals surface area contributed by atoms with Crippen LogP contribution in [0.5, 0.6) is 0 Å². The molecule has 0 radical (unpaired) electrons. The van der Waals surface area contributed by atoms with Gasteiger partial charge in [0.1, 0.15) is 10.8 Å². The SMILES string of the molecule is COCc1ccc(-c2ccc3nc(C(c4nnc(CNS(N)(=O)=O)o4)S(=O)(=O)Cc4ccc(F)cc4)sc3c2)cc1. The normalized spacial score (nSPS) is 13.0. The van der Waals surface area contributed by atoms with Gasteiger partial charge in [-0.05, 0) is 46.5 Å². The summed E-state index contributed by atoms with van der Waals surface area (Å²) in [5.41, 5.74) is 3.84. The Kier molecular flexibility index (Phi) is 8.26. The minimum atomic E-state index is -4.09. The van der Waals surface area contributed by atoms with Crippen LogP contribution in [0, 0.1) is 5.82 Å². The molecule has 3 aromatic carbocycles. The van der Waals surface area contributed by atoms with Crippen LogP contribution in [0.3, 0.4) is 0 Å². The molecule has 0 bridgehead atoms. The number of sulfone groups is 1. The van der Waals surface area contributed by atoms with E-state index in [1.54, 1.807) is 13.2 Å². The fraction of sp³-hybridized carbons (Fsp3) is 0.192. The molecule has 0 aliphatic carbocycles. The van der Waals surface area contributed by atoms with E-state index in [1.807, 2.05) is 41.1 Å². The van der Waals surface area contributed by atoms with Crippen molar-refractivity contribution in [1.82, 2.24) is 19.9 Å². The van der Waals surface area contributed by atoms with E-state index in [0.717, 1.165) is 32.7 Å². The number of nitrogens with one attached hydrogen (secondary N) is 1. The van der Waals surface area contributed by atoms with Crippen LogP contribution in [0.1, 0.15) is 33.2 Å². The average Bonchev–Trinajstić information content (AvgIpc) is 3.55. The Morgan fingerprint density at radius 3 is 2.34 bits per heavy atom. The first-order valence-electron chi connectivity index (χ1n) is 12.1. The van der Waals surface area contributed by atoms with Gasteiger partial charge in [0.15, 0.2) is 15.1 Å². The van der Waals surface area contributed by atoms with Gasteiger partial charge in [-0.2, -0.15) is 13.1 Å². The lowest BCUT2D eigenvalue weighted by atomic mass is 10.0. The van der Waals surface area contributed by atoms with Crippen LogP contribution in [-0.4, -0.2) is 39.1 Å². The van der Waals surface area contributed by atoms with Crippen molar-refractivity contribution in [3.63, 3.8) is 0 Å². The number of halogens is 1. The van der Waals surface area contributed by atoms with E-state index in [0.29, 0.717) is 17.7 Å². The number of rotatable bonds is 11. The second-order valence-electron chi connectivity index (χ2n) is 9.08. The average molecular weight is 618 g/mol. The maximum Gasteiger partial charge on any atom is 0.274 e. The van der Waals surface area contributed by atoms with E-state index < -0.39 is 43.4 Å². The molecule has 0 spiro atoms. The Bertz CT molecular complexity index is 1890. The van der Waals surface area contributed by atoms with Gasteiger partial charge in [0.05, 0.1) is 29.1 Å². The number of hydrogen-bond acceptors (Lipinski definition) is 10. The van der Waals surface area contributed by atoms with Gasteiger partial charge in [0, 0.05) is 7.11 Å². The summed E-state index contributed by atoms with van der Waals surface area (Å²) in [7, 11) is -6.51. The molecule has 5 aromatic rings. The van der Waals surface area contributed by atoms with Gasteiger partial charge in [-0.15, -0.1) is 21.5 Å². The number of methoxy groups -OCH3 is 1. The minimum absolute atomic E-state index is 0.184. The number of fused-ring (bicyclic) bond motifs is 1. The highest BCUT2D eigenvalue weighted by atomic mass is 32.2. The number of aromatic nitrogens is 3. The molecule has 15 heteroatoms. The maximum absolute atomic E-state index is 13.8. The van der Waals surface area contributed by atoms with Gasteiger partial charge >= 0.3 is 0 Å². The van der Waals surface area contributed by atoms with Gasteiger partial charge in [0.25, 0.3) is 10.2 Å². The van der Waals surface area contributed by atoms with E-state index in [9.17, 15) is 21.2 Å². The summed E-state index contributed by atoms with van der Waals surface area (Å²) in [6, 6.07) is 18.6. The predicted octanol–water partition coefficient (Wildman–Crippen LogP) is 3.63. The van der Waals surface area contributed by atoms with Crippen LogP contribution in [-0.2, 0) is 43.7 Å². The molecular formula is C26H24FN5O6S3. The van der Waals surface area contributed by atoms with Crippen LogP contribution in [0.2, 0.25) is 0 Å². The lowest BCUT2D eigenvalue weighted by Crippen LogP contribution is -2.30. The highest BCUT2D eigenvalue weighted by molar-refractivity contribution is 7.91. The van der Waals surface area contributed by atoms with E-state index in [4.69, 9.17) is 14.3 Å². The molecule has 0 fully saturated rings. The quantitative estimate of drug-likeness (QED) is 0.225. The summed E-state index contributed by atoms with van der Waals surface area (Å²) < 4.78 is 77.0. The summed E-state index contributed by atoms with van der Waals surface area (Å²) in [6.07, 6.45) is 0. The molecule has 0 saturated heterocycles. The highest BCUT2D eigenvalue weighted by Gasteiger charge is 2.37. The second-order valence-corrected chi connectivity index (χ2v) is 13.6. The van der Waals surface area contributed by atoms with E-state index in [2.05, 4.69) is 15.2 Å². The lowest BCUT2D eigenvalue weighted by molar-refractivity contribution is 0.185. The van der Waals surface area contributed by atoms with Crippen LogP contribution < -0.4 is 9.86 Å². The number of ether oxygens (including phenoxy) is 1. The Labute approximate surface area is 239 Å². The Morgan fingerprint density at radius 1 is 0.976 bits per heavy atom. The van der Waals surface area contributed by atoms with Gasteiger partial charge in [-0.25, -0.2) is 22.9 Å². The van der Waals surface area contributed by atoms with E-state index in [-0.39, 0.29) is 16.8 Å². The van der Waals surface area contributed by atoms with Gasteiger partial charge in [-0.1, -0.05) is 42.5 Å². The second kappa shape index (κ2) is 11.7. The number of benzene rings is 3. The van der Waals surface area contributed by atoms with Crippen LogP contribution in [0.25, 0.3) is 21.3 Å². The molecule has 1 atom stereocenters. The summed E-state index contributed by atoms with van der Waals surface area (Å²) >= 11 is 1.16. The van der Waals surface area contributed by atoms with Crippen molar-refractivity contribution in [3.05, 3.63) is 100 Å². The third kappa shape index (κ3) is 7.01. The third-order valence-electron chi connectivity index (χ3n) is 6.00. The number of hydrogen-bond donors (Lipinski definition) is 2. The molecule has 5 rings (SSSR count). The van der Waals surface area contributed by atoms with Crippen molar-refractivity contribution in [1.29, 1.82) is 0 Å². The third-order valence-corrected chi connectivity index (χ3v) is 9.66. The van der Waals surface area contributed by atoms with Crippen LogP contribution in [0.4, 0.5) is 4.39 Å². The molecule has 1 unspecified atom stereocenters. The molecule has 3 N–H and O–H groups in total. The fourth-order valence-corrected chi connectivity index (χ4v) is 7.59. The fourth-order valence-electron chi connectivity index (χ4n) is 4.11. The van der Waals surface area contributed by atoms with Gasteiger partial charge in [-0.3, -0.25) is 0 Å². The molecular weight excluding hydrogens is 594 g/mol. The molecule has 0 amide bonds. The van der Waals surface area contributed by atoms with E-state index in [1.165, 1.54) is 24.3 Å². The monoisotopic (exact) mass is 617 g/mol. The zero-order chi connectivity index (χ0) is 29.2. The Morgan fingerprint density at radius 2 is 1.66 bits per heavy atom. The van der Waals surface area contributed by atoms with E-state index >= 15 is 0 Å². The van der Waals surface area contributed by atoms with Gasteiger partial charge < -0.3 is 9.15 Å². The zero-order valence-electron chi connectivity index (χ0n) is 21.5. The standard InChI is InChI=1S/C26H24FN5O6S3/c1-37-14-16-2-6-18(7-3-16)19-8-11-21-22(12-19)39-26(30-21)24(25-32-31-23(38-25)13-29-41(28,35)36)40(33,34)15-17-4-9-20(27)10-5-17/h2-12,24,29H,13-15H2,1H3,(H2,28,35,36). The Hall–Kier alpha value is -3.60. The van der Waals surface area contributed by atoms with Crippen LogP contribution >= 0.6 is 11.3 Å². The number of thiazole rings is 1. The molecule has 0 aliphatic rings. The van der Waals surface area contributed by atoms with Gasteiger partial charge in [0.2, 0.25) is 11.8 Å². The first-order valence-corrected chi connectivity index (χ1v) is 16.1. The number of nitrogens with two attached hydrogens (primary N) is 1. The largest absolute Gasteiger partial charge is 0.422 e. The summed E-state index contributed by atoms with van der Waals surface area (Å²) in [4.78, 5) is 4.58. The summed E-state index contributed by atoms with van der Waals surface area (Å²) in [6.45, 7) is 0.0731. The summed E-state index contributed by atoms with van der Waals surface area (Å²) in [5.74, 6) is -1.43. The molecule has 2 aromatic heterocycles. The van der Waals surface area contributed by atoms with Crippen molar-refractivity contribution in [3.8, 4) is 11.1 Å². The topological polar surface area (TPSA) is 167 Å². The molecule has 11 nitrogen and oxygen atoms in total. The number of nitrogens with zero attached hydrogens (tertiary/aromatic N) is 3. The summed E-state index contributed by atoms with van der Waals surface area (Å²) in [5, 5.41) is 11.4. The highest BCUT2D eigenvalue weighted by Crippen LogP contribution is 2.38. The molecule has 0 saturated carbocycles. The Balaban J connectivity index is 1.53. The predicted molar refractivity (Wildman–Crippen MR) is 151 cm³/mol. The van der Waals surface area contributed by atoms with Crippen molar-refractivity contribution in [2.24, 2.45) is 5.14 Å². The molecule has 214 valence electrons. The van der Waals surface area contributed by atoms with Crippen molar-refractivity contribution in [2.45, 2.75) is 24.2 Å². The molecule has 2 heterocycles.